The van der Waals surface area contributed by atoms with Gasteiger partial charge in [0.05, 0.1) is 28.4 Å². The van der Waals surface area contributed by atoms with Crippen LogP contribution in [-0.2, 0) is 9.84 Å². The van der Waals surface area contributed by atoms with Crippen molar-refractivity contribution in [2.45, 2.75) is 18.9 Å². The van der Waals surface area contributed by atoms with Gasteiger partial charge in [-0.25, -0.2) is 8.42 Å². The van der Waals surface area contributed by atoms with E-state index in [1.54, 1.807) is 18.2 Å². The van der Waals surface area contributed by atoms with E-state index in [0.29, 0.717) is 12.1 Å². The molecule has 1 saturated heterocycles. The summed E-state index contributed by atoms with van der Waals surface area (Å²) in [6.45, 7) is 0. The number of anilines is 2. The van der Waals surface area contributed by atoms with Gasteiger partial charge in [-0.1, -0.05) is 6.07 Å². The Morgan fingerprint density at radius 1 is 1.37 bits per heavy atom. The van der Waals surface area contributed by atoms with E-state index in [0.717, 1.165) is 6.42 Å². The van der Waals surface area contributed by atoms with Gasteiger partial charge in [0.15, 0.2) is 9.84 Å². The molecule has 2 rings (SSSR count). The molecule has 0 saturated carbocycles. The Morgan fingerprint density at radius 3 is 2.74 bits per heavy atom. The van der Waals surface area contributed by atoms with Gasteiger partial charge in [0, 0.05) is 6.04 Å². The number of hydrogen-bond donors (Lipinski definition) is 3. The predicted octanol–water partition coefficient (Wildman–Crippen LogP) is 0.357. The Kier molecular flexibility index (Phi) is 3.66. The first-order valence-electron chi connectivity index (χ1n) is 6.04. The molecule has 0 aromatic heterocycles. The molecule has 1 aliphatic rings. The highest BCUT2D eigenvalue weighted by Gasteiger charge is 2.25. The largest absolute Gasteiger partial charge is 0.396 e. The van der Waals surface area contributed by atoms with Crippen LogP contribution >= 0.6 is 0 Å². The third kappa shape index (κ3) is 3.17. The fourth-order valence-electron chi connectivity index (χ4n) is 2.26. The van der Waals surface area contributed by atoms with Gasteiger partial charge in [-0.15, -0.1) is 0 Å². The number of carbonyl (C=O) groups excluding carboxylic acids is 1. The number of hydrogen-bond acceptors (Lipinski definition) is 5. The minimum Gasteiger partial charge on any atom is -0.396 e. The third-order valence-corrected chi connectivity index (χ3v) is 5.02. The highest BCUT2D eigenvalue weighted by Crippen LogP contribution is 2.25. The van der Waals surface area contributed by atoms with Gasteiger partial charge >= 0.3 is 0 Å². The Bertz CT molecular complexity index is 598. The second kappa shape index (κ2) is 5.08. The van der Waals surface area contributed by atoms with Gasteiger partial charge in [-0.3, -0.25) is 4.79 Å². The summed E-state index contributed by atoms with van der Waals surface area (Å²) in [5.74, 6) is -0.271. The molecule has 0 radical (unpaired) electrons. The van der Waals surface area contributed by atoms with Crippen LogP contribution in [0.3, 0.4) is 0 Å². The number of sulfone groups is 1. The second-order valence-corrected chi connectivity index (χ2v) is 6.96. The van der Waals surface area contributed by atoms with E-state index in [4.69, 9.17) is 11.5 Å². The summed E-state index contributed by atoms with van der Waals surface area (Å²) in [6.07, 6.45) is 1.40. The van der Waals surface area contributed by atoms with Crippen molar-refractivity contribution in [1.29, 1.82) is 0 Å². The van der Waals surface area contributed by atoms with E-state index in [2.05, 4.69) is 5.32 Å². The van der Waals surface area contributed by atoms with E-state index in [1.807, 2.05) is 0 Å². The summed E-state index contributed by atoms with van der Waals surface area (Å²) >= 11 is 0. The van der Waals surface area contributed by atoms with Gasteiger partial charge in [0.1, 0.15) is 0 Å². The molecule has 19 heavy (non-hydrogen) atoms. The predicted molar refractivity (Wildman–Crippen MR) is 74.7 cm³/mol. The lowest BCUT2D eigenvalue weighted by molar-refractivity contribution is 0.100. The molecule has 7 heteroatoms. The first kappa shape index (κ1) is 13.7. The van der Waals surface area contributed by atoms with Crippen LogP contribution in [0.4, 0.5) is 11.4 Å². The molecule has 0 spiro atoms. The van der Waals surface area contributed by atoms with Crippen molar-refractivity contribution in [3.8, 4) is 0 Å². The van der Waals surface area contributed by atoms with Crippen molar-refractivity contribution in [3.63, 3.8) is 0 Å². The molecule has 5 N–H and O–H groups in total. The van der Waals surface area contributed by atoms with E-state index in [-0.39, 0.29) is 28.8 Å². The first-order chi connectivity index (χ1) is 8.89. The molecule has 104 valence electrons. The fraction of sp³-hybridized carbons (Fsp3) is 0.417. The van der Waals surface area contributed by atoms with E-state index >= 15 is 0 Å². The monoisotopic (exact) mass is 283 g/mol. The number of amides is 1. The van der Waals surface area contributed by atoms with Crippen LogP contribution in [0.5, 0.6) is 0 Å². The van der Waals surface area contributed by atoms with Crippen molar-refractivity contribution >= 4 is 27.1 Å². The maximum Gasteiger partial charge on any atom is 0.250 e. The summed E-state index contributed by atoms with van der Waals surface area (Å²) in [7, 11) is -2.99. The summed E-state index contributed by atoms with van der Waals surface area (Å²) in [4.78, 5) is 11.2. The average molecular weight is 283 g/mol. The lowest BCUT2D eigenvalue weighted by Gasteiger charge is -2.25. The van der Waals surface area contributed by atoms with Gasteiger partial charge in [-0.2, -0.15) is 0 Å². The second-order valence-electron chi connectivity index (χ2n) is 4.73. The molecule has 1 unspecified atom stereocenters. The quantitative estimate of drug-likeness (QED) is 0.693. The topological polar surface area (TPSA) is 115 Å². The molecule has 1 aliphatic heterocycles. The van der Waals surface area contributed by atoms with Crippen LogP contribution in [0.1, 0.15) is 23.2 Å². The number of nitrogens with two attached hydrogens (primary N) is 2. The van der Waals surface area contributed by atoms with Crippen LogP contribution in [-0.4, -0.2) is 31.9 Å². The molecule has 1 aromatic carbocycles. The standard InChI is InChI=1S/C12H17N3O3S/c13-11-9(12(14)16)4-1-5-10(11)15-8-3-2-6-19(17,18)7-8/h1,4-5,8,15H,2-3,6-7,13H2,(H2,14,16). The first-order valence-corrected chi connectivity index (χ1v) is 7.86. The maximum atomic E-state index is 11.6. The van der Waals surface area contributed by atoms with Crippen LogP contribution in [0.25, 0.3) is 0 Å². The zero-order chi connectivity index (χ0) is 14.0. The maximum absolute atomic E-state index is 11.6. The van der Waals surface area contributed by atoms with Crippen molar-refractivity contribution in [3.05, 3.63) is 23.8 Å². The summed E-state index contributed by atoms with van der Waals surface area (Å²) in [6, 6.07) is 4.74. The molecule has 1 aromatic rings. The molecule has 0 bridgehead atoms. The highest BCUT2D eigenvalue weighted by molar-refractivity contribution is 7.91. The number of para-hydroxylation sites is 1. The molecule has 1 amide bonds. The zero-order valence-electron chi connectivity index (χ0n) is 10.4. The Labute approximate surface area is 112 Å². The third-order valence-electron chi connectivity index (χ3n) is 3.19. The smallest absolute Gasteiger partial charge is 0.250 e. The number of nitrogens with one attached hydrogen (secondary N) is 1. The highest BCUT2D eigenvalue weighted by atomic mass is 32.2. The van der Waals surface area contributed by atoms with E-state index in [9.17, 15) is 13.2 Å². The number of benzene rings is 1. The van der Waals surface area contributed by atoms with E-state index in [1.165, 1.54) is 0 Å². The minimum absolute atomic E-state index is 0.0905. The van der Waals surface area contributed by atoms with E-state index < -0.39 is 15.7 Å². The van der Waals surface area contributed by atoms with Gasteiger partial charge in [-0.05, 0) is 25.0 Å². The van der Waals surface area contributed by atoms with Crippen molar-refractivity contribution in [2.75, 3.05) is 22.6 Å². The minimum atomic E-state index is -2.99. The van der Waals surface area contributed by atoms with Crippen molar-refractivity contribution in [2.24, 2.45) is 5.73 Å². The molecule has 0 aliphatic carbocycles. The Hall–Kier alpha value is -1.76. The summed E-state index contributed by atoms with van der Waals surface area (Å²) < 4.78 is 23.1. The van der Waals surface area contributed by atoms with Crippen LogP contribution in [0.15, 0.2) is 18.2 Å². The normalized spacial score (nSPS) is 21.8. The Balaban J connectivity index is 2.20. The van der Waals surface area contributed by atoms with Gasteiger partial charge in [0.25, 0.3) is 5.91 Å². The molecular formula is C12H17N3O3S. The lowest BCUT2D eigenvalue weighted by Crippen LogP contribution is -2.35. The van der Waals surface area contributed by atoms with Crippen molar-refractivity contribution < 1.29 is 13.2 Å². The molecule has 1 atom stereocenters. The van der Waals surface area contributed by atoms with Crippen LogP contribution < -0.4 is 16.8 Å². The zero-order valence-corrected chi connectivity index (χ0v) is 11.2. The lowest BCUT2D eigenvalue weighted by atomic mass is 10.1. The van der Waals surface area contributed by atoms with Gasteiger partial charge in [0.2, 0.25) is 0 Å². The SMILES string of the molecule is NC(=O)c1cccc(NC2CCCS(=O)(=O)C2)c1N. The number of rotatable bonds is 3. The molecule has 6 nitrogen and oxygen atoms in total. The average Bonchev–Trinajstić information content (AvgIpc) is 2.30. The van der Waals surface area contributed by atoms with Gasteiger partial charge < -0.3 is 16.8 Å². The number of nitrogen functional groups attached to an aromatic ring is 1. The van der Waals surface area contributed by atoms with Crippen LogP contribution in [0, 0.1) is 0 Å². The van der Waals surface area contributed by atoms with Crippen molar-refractivity contribution in [1.82, 2.24) is 0 Å². The summed E-state index contributed by atoms with van der Waals surface area (Å²) in [5, 5.41) is 3.09. The molecule has 1 fully saturated rings. The summed E-state index contributed by atoms with van der Waals surface area (Å²) in [5.41, 5.74) is 12.1. The number of carbonyl (C=O) groups is 1. The Morgan fingerprint density at radius 2 is 2.11 bits per heavy atom. The molecule has 1 heterocycles. The number of primary amides is 1. The fourth-order valence-corrected chi connectivity index (χ4v) is 3.90. The molecular weight excluding hydrogens is 266 g/mol. The van der Waals surface area contributed by atoms with Crippen LogP contribution in [0.2, 0.25) is 0 Å².